The van der Waals surface area contributed by atoms with Crippen LogP contribution in [0.3, 0.4) is 0 Å². The topological polar surface area (TPSA) is 93.8 Å². The summed E-state index contributed by atoms with van der Waals surface area (Å²) in [6.45, 7) is 1.91. The molecule has 1 atom stereocenters. The number of methoxy groups -OCH3 is 1. The van der Waals surface area contributed by atoms with Crippen molar-refractivity contribution < 1.29 is 19.1 Å². The van der Waals surface area contributed by atoms with Crippen LogP contribution in [0.2, 0.25) is 0 Å². The highest BCUT2D eigenvalue weighted by molar-refractivity contribution is 6.00. The van der Waals surface area contributed by atoms with Crippen molar-refractivity contribution in [2.75, 3.05) is 25.1 Å². The van der Waals surface area contributed by atoms with Crippen molar-refractivity contribution in [2.45, 2.75) is 64.0 Å². The molecule has 0 radical (unpaired) electrons. The number of Topliss-reactive ketones (excluding diaryl/α,β-unsaturated/α-hetero) is 1. The standard InChI is InChI=1S/C31H36N4O5/c1-32-28-24(33-18-16-31(17-19-33)14-12-22(36)13-15-31)4-3-5-25(28)35(30(32)39)26-10-11-27(37)34(29(26)38)20-21-6-8-23(40-2)9-7-21/h3-9,26H,10-20H2,1-2H3. The molecule has 3 heterocycles. The maximum atomic E-state index is 13.7. The van der Waals surface area contributed by atoms with E-state index in [4.69, 9.17) is 4.74 Å². The lowest BCUT2D eigenvalue weighted by Gasteiger charge is -2.44. The summed E-state index contributed by atoms with van der Waals surface area (Å²) in [5, 5.41) is 0. The molecule has 2 aromatic carbocycles. The Hall–Kier alpha value is -3.88. The normalized spacial score (nSPS) is 21.4. The van der Waals surface area contributed by atoms with Crippen LogP contribution < -0.4 is 15.3 Å². The number of para-hydroxylation sites is 1. The molecule has 0 N–H and O–H groups in total. The summed E-state index contributed by atoms with van der Waals surface area (Å²) in [5.74, 6) is 0.515. The van der Waals surface area contributed by atoms with Gasteiger partial charge in [-0.2, -0.15) is 0 Å². The van der Waals surface area contributed by atoms with Gasteiger partial charge in [-0.05, 0) is 67.3 Å². The van der Waals surface area contributed by atoms with E-state index in [2.05, 4.69) is 11.0 Å². The average Bonchev–Trinajstić information content (AvgIpc) is 3.23. The molecular formula is C31H36N4O5. The third-order valence-electron chi connectivity index (χ3n) is 9.41. The lowest BCUT2D eigenvalue weighted by molar-refractivity contribution is -0.151. The number of benzene rings is 2. The van der Waals surface area contributed by atoms with Gasteiger partial charge in [0.1, 0.15) is 17.6 Å². The Morgan fingerprint density at radius 3 is 2.27 bits per heavy atom. The van der Waals surface area contributed by atoms with Crippen molar-refractivity contribution in [1.82, 2.24) is 14.0 Å². The van der Waals surface area contributed by atoms with Gasteiger partial charge in [-0.3, -0.25) is 28.4 Å². The predicted molar refractivity (Wildman–Crippen MR) is 151 cm³/mol. The van der Waals surface area contributed by atoms with Crippen LogP contribution >= 0.6 is 0 Å². The molecule has 2 aliphatic heterocycles. The zero-order valence-electron chi connectivity index (χ0n) is 23.2. The minimum absolute atomic E-state index is 0.157. The predicted octanol–water partition coefficient (Wildman–Crippen LogP) is 3.97. The summed E-state index contributed by atoms with van der Waals surface area (Å²) in [5.41, 5.74) is 3.34. The molecule has 1 aromatic heterocycles. The molecule has 1 spiro atoms. The minimum Gasteiger partial charge on any atom is -0.497 e. The van der Waals surface area contributed by atoms with Crippen LogP contribution in [-0.2, 0) is 28.0 Å². The third-order valence-corrected chi connectivity index (χ3v) is 9.41. The molecule has 210 valence electrons. The molecule has 1 aliphatic carbocycles. The molecule has 6 rings (SSSR count). The lowest BCUT2D eigenvalue weighted by Crippen LogP contribution is -2.47. The minimum atomic E-state index is -0.744. The maximum Gasteiger partial charge on any atom is 0.329 e. The average molecular weight is 545 g/mol. The van der Waals surface area contributed by atoms with Crippen molar-refractivity contribution in [2.24, 2.45) is 12.5 Å². The summed E-state index contributed by atoms with van der Waals surface area (Å²) in [4.78, 5) is 55.7. The highest BCUT2D eigenvalue weighted by Crippen LogP contribution is 2.45. The highest BCUT2D eigenvalue weighted by atomic mass is 16.5. The van der Waals surface area contributed by atoms with Crippen molar-refractivity contribution in [3.8, 4) is 5.75 Å². The van der Waals surface area contributed by atoms with Gasteiger partial charge in [-0.15, -0.1) is 0 Å². The number of imide groups is 1. The Balaban J connectivity index is 1.28. The summed E-state index contributed by atoms with van der Waals surface area (Å²) in [7, 11) is 3.35. The van der Waals surface area contributed by atoms with Crippen molar-refractivity contribution in [3.63, 3.8) is 0 Å². The molecule has 3 aromatic rings. The maximum absolute atomic E-state index is 13.7. The van der Waals surface area contributed by atoms with Crippen LogP contribution in [0.15, 0.2) is 47.3 Å². The number of imidazole rings is 1. The zero-order chi connectivity index (χ0) is 28.0. The Labute approximate surface area is 233 Å². The Kier molecular flexibility index (Phi) is 6.76. The van der Waals surface area contributed by atoms with E-state index < -0.39 is 6.04 Å². The van der Waals surface area contributed by atoms with Gasteiger partial charge in [0, 0.05) is 39.4 Å². The van der Waals surface area contributed by atoms with Gasteiger partial charge < -0.3 is 9.64 Å². The number of amides is 2. The monoisotopic (exact) mass is 544 g/mol. The fraction of sp³-hybridized carbons (Fsp3) is 0.484. The second-order valence-corrected chi connectivity index (χ2v) is 11.6. The summed E-state index contributed by atoms with van der Waals surface area (Å²) >= 11 is 0. The lowest BCUT2D eigenvalue weighted by atomic mass is 9.68. The number of hydrogen-bond acceptors (Lipinski definition) is 6. The number of ether oxygens (including phenoxy) is 1. The third kappa shape index (κ3) is 4.51. The van der Waals surface area contributed by atoms with Crippen LogP contribution in [0.4, 0.5) is 5.69 Å². The quantitative estimate of drug-likeness (QED) is 0.452. The number of nitrogens with zero attached hydrogens (tertiary/aromatic N) is 4. The van der Waals surface area contributed by atoms with E-state index in [-0.39, 0.29) is 35.9 Å². The summed E-state index contributed by atoms with van der Waals surface area (Å²) in [6, 6.07) is 12.4. The van der Waals surface area contributed by atoms with Gasteiger partial charge in [0.25, 0.3) is 5.91 Å². The van der Waals surface area contributed by atoms with Gasteiger partial charge >= 0.3 is 5.69 Å². The number of fused-ring (bicyclic) bond motifs is 1. The number of likely N-dealkylation sites (tertiary alicyclic amines) is 1. The second kappa shape index (κ2) is 10.3. The highest BCUT2D eigenvalue weighted by Gasteiger charge is 2.40. The van der Waals surface area contributed by atoms with E-state index in [1.807, 2.05) is 24.3 Å². The van der Waals surface area contributed by atoms with Crippen molar-refractivity contribution >= 4 is 34.3 Å². The number of aryl methyl sites for hydroxylation is 1. The van der Waals surface area contributed by atoms with Gasteiger partial charge in [0.05, 0.1) is 30.4 Å². The molecule has 9 heteroatoms. The molecule has 1 saturated carbocycles. The van der Waals surface area contributed by atoms with Crippen molar-refractivity contribution in [1.29, 1.82) is 0 Å². The first-order chi connectivity index (χ1) is 19.3. The molecular weight excluding hydrogens is 508 g/mol. The molecule has 40 heavy (non-hydrogen) atoms. The Bertz CT molecular complexity index is 1520. The van der Waals surface area contributed by atoms with Crippen LogP contribution in [0.25, 0.3) is 11.0 Å². The van der Waals surface area contributed by atoms with E-state index in [0.717, 1.165) is 55.5 Å². The van der Waals surface area contributed by atoms with Crippen LogP contribution in [0.1, 0.15) is 63.0 Å². The second-order valence-electron chi connectivity index (χ2n) is 11.6. The summed E-state index contributed by atoms with van der Waals surface area (Å²) < 4.78 is 8.45. The zero-order valence-corrected chi connectivity index (χ0v) is 23.2. The first-order valence-electron chi connectivity index (χ1n) is 14.2. The fourth-order valence-electron chi connectivity index (χ4n) is 6.90. The van der Waals surface area contributed by atoms with E-state index in [9.17, 15) is 19.2 Å². The molecule has 2 saturated heterocycles. The van der Waals surface area contributed by atoms with Gasteiger partial charge in [0.2, 0.25) is 5.91 Å². The van der Waals surface area contributed by atoms with Gasteiger partial charge in [0.15, 0.2) is 0 Å². The largest absolute Gasteiger partial charge is 0.497 e. The molecule has 3 fully saturated rings. The van der Waals surface area contributed by atoms with E-state index in [1.165, 1.54) is 4.90 Å². The van der Waals surface area contributed by atoms with Crippen LogP contribution in [0.5, 0.6) is 5.75 Å². The number of aromatic nitrogens is 2. The number of rotatable bonds is 5. The Morgan fingerprint density at radius 1 is 0.900 bits per heavy atom. The molecule has 9 nitrogen and oxygen atoms in total. The summed E-state index contributed by atoms with van der Waals surface area (Å²) in [6.07, 6.45) is 5.92. The molecule has 1 unspecified atom stereocenters. The number of hydrogen-bond donors (Lipinski definition) is 0. The molecule has 2 amide bonds. The van der Waals surface area contributed by atoms with Gasteiger partial charge in [-0.1, -0.05) is 18.2 Å². The number of carbonyl (C=O) groups excluding carboxylic acids is 3. The first-order valence-corrected chi connectivity index (χ1v) is 14.2. The fourth-order valence-corrected chi connectivity index (χ4v) is 6.90. The van der Waals surface area contributed by atoms with Crippen LogP contribution in [0, 0.1) is 5.41 Å². The van der Waals surface area contributed by atoms with E-state index >= 15 is 0 Å². The molecule has 0 bridgehead atoms. The SMILES string of the molecule is COc1ccc(CN2C(=O)CCC(n3c(=O)n(C)c4c(N5CCC6(CCC(=O)CC6)CC5)cccc43)C2=O)cc1. The smallest absolute Gasteiger partial charge is 0.329 e. The number of anilines is 1. The van der Waals surface area contributed by atoms with Crippen LogP contribution in [-0.4, -0.2) is 51.8 Å². The number of carbonyl (C=O) groups is 3. The number of ketones is 1. The Morgan fingerprint density at radius 2 is 1.60 bits per heavy atom. The first kappa shape index (κ1) is 26.3. The van der Waals surface area contributed by atoms with E-state index in [0.29, 0.717) is 36.3 Å². The molecule has 3 aliphatic rings. The van der Waals surface area contributed by atoms with E-state index in [1.54, 1.807) is 35.4 Å². The van der Waals surface area contributed by atoms with Gasteiger partial charge in [-0.25, -0.2) is 4.79 Å². The number of piperidine rings is 2. The van der Waals surface area contributed by atoms with Crippen molar-refractivity contribution in [3.05, 3.63) is 58.5 Å².